The van der Waals surface area contributed by atoms with E-state index < -0.39 is 11.9 Å². The van der Waals surface area contributed by atoms with Crippen molar-refractivity contribution in [2.75, 3.05) is 0 Å². The summed E-state index contributed by atoms with van der Waals surface area (Å²) >= 11 is 17.7. The smallest absolute Gasteiger partial charge is 0.335 e. The predicted octanol–water partition coefficient (Wildman–Crippen LogP) is 6.23. The fourth-order valence-electron chi connectivity index (χ4n) is 2.23. The number of carbonyl (C=O) groups is 2. The van der Waals surface area contributed by atoms with Crippen molar-refractivity contribution < 1.29 is 19.4 Å². The van der Waals surface area contributed by atoms with E-state index in [4.69, 9.17) is 50.4 Å². The highest BCUT2D eigenvalue weighted by atomic mass is 35.5. The van der Waals surface area contributed by atoms with E-state index in [1.54, 1.807) is 48.5 Å². The van der Waals surface area contributed by atoms with Crippen LogP contribution in [0.15, 0.2) is 60.7 Å². The molecule has 0 unspecified atom stereocenters. The number of amides is 1. The van der Waals surface area contributed by atoms with Crippen LogP contribution in [0.2, 0.25) is 15.1 Å². The number of benzene rings is 3. The molecule has 29 heavy (non-hydrogen) atoms. The molecule has 0 fully saturated rings. The number of primary amides is 1. The number of carbonyl (C=O) groups excluding carboxylic acids is 1. The first-order valence-electron chi connectivity index (χ1n) is 8.20. The zero-order valence-electron chi connectivity index (χ0n) is 15.2. The number of aryl methyl sites for hydroxylation is 1. The average Bonchev–Trinajstić information content (AvgIpc) is 2.67. The highest BCUT2D eigenvalue weighted by molar-refractivity contribution is 6.42. The number of carboxylic acid groups (broad SMARTS) is 1. The van der Waals surface area contributed by atoms with Crippen LogP contribution < -0.4 is 10.5 Å². The maximum absolute atomic E-state index is 11.4. The van der Waals surface area contributed by atoms with Crippen molar-refractivity contribution in [3.8, 4) is 11.5 Å². The molecular weight excluding hydrogens is 437 g/mol. The summed E-state index contributed by atoms with van der Waals surface area (Å²) < 4.78 is 5.69. The predicted molar refractivity (Wildman–Crippen MR) is 115 cm³/mol. The molecule has 0 aliphatic rings. The standard InChI is InChI=1S/C14H10Cl3NO2.C7H6O2/c1-7-4-8(15)2-3-12(7)20-13-6-11(17)10(16)5-9(13)14(18)19;8-7(9)6-4-2-1-3-5-6/h2-6H,1H3,(H2,18,19);1-5H,(H,8,9). The second-order valence-electron chi connectivity index (χ2n) is 5.81. The first kappa shape index (κ1) is 22.6. The van der Waals surface area contributed by atoms with E-state index in [2.05, 4.69) is 0 Å². The Morgan fingerprint density at radius 3 is 2.03 bits per heavy atom. The fourth-order valence-corrected chi connectivity index (χ4v) is 2.78. The van der Waals surface area contributed by atoms with Gasteiger partial charge in [-0.25, -0.2) is 4.79 Å². The van der Waals surface area contributed by atoms with E-state index in [-0.39, 0.29) is 21.4 Å². The molecule has 0 aromatic heterocycles. The van der Waals surface area contributed by atoms with Crippen LogP contribution in [0.3, 0.4) is 0 Å². The summed E-state index contributed by atoms with van der Waals surface area (Å²) in [4.78, 5) is 21.6. The summed E-state index contributed by atoms with van der Waals surface area (Å²) in [6, 6.07) is 16.3. The summed E-state index contributed by atoms with van der Waals surface area (Å²) in [5, 5.41) is 9.49. The summed E-state index contributed by atoms with van der Waals surface area (Å²) in [5.74, 6) is -0.728. The van der Waals surface area contributed by atoms with Crippen molar-refractivity contribution in [3.63, 3.8) is 0 Å². The van der Waals surface area contributed by atoms with Gasteiger partial charge in [-0.3, -0.25) is 4.79 Å². The molecule has 3 aromatic carbocycles. The topological polar surface area (TPSA) is 89.6 Å². The van der Waals surface area contributed by atoms with Crippen molar-refractivity contribution in [1.29, 1.82) is 0 Å². The molecular formula is C21H16Cl3NO4. The van der Waals surface area contributed by atoms with Crippen LogP contribution in [0, 0.1) is 6.92 Å². The lowest BCUT2D eigenvalue weighted by Crippen LogP contribution is -2.12. The Hall–Kier alpha value is -2.73. The van der Waals surface area contributed by atoms with Crippen LogP contribution in [-0.4, -0.2) is 17.0 Å². The largest absolute Gasteiger partial charge is 0.478 e. The van der Waals surface area contributed by atoms with Gasteiger partial charge < -0.3 is 15.6 Å². The van der Waals surface area contributed by atoms with E-state index in [1.807, 2.05) is 6.92 Å². The molecule has 0 spiro atoms. The normalized spacial score (nSPS) is 9.93. The SMILES string of the molecule is Cc1cc(Cl)ccc1Oc1cc(Cl)c(Cl)cc1C(N)=O.O=C(O)c1ccccc1. The van der Waals surface area contributed by atoms with E-state index in [0.717, 1.165) is 5.56 Å². The molecule has 0 heterocycles. The Morgan fingerprint density at radius 2 is 1.52 bits per heavy atom. The van der Waals surface area contributed by atoms with Crippen molar-refractivity contribution in [3.05, 3.63) is 92.4 Å². The average molecular weight is 453 g/mol. The van der Waals surface area contributed by atoms with Crippen molar-refractivity contribution in [2.45, 2.75) is 6.92 Å². The molecule has 3 N–H and O–H groups in total. The third-order valence-electron chi connectivity index (χ3n) is 3.67. The van der Waals surface area contributed by atoms with Gasteiger partial charge in [0.25, 0.3) is 5.91 Å². The number of halogens is 3. The van der Waals surface area contributed by atoms with Crippen LogP contribution in [0.5, 0.6) is 11.5 Å². The Labute approximate surface area is 182 Å². The summed E-state index contributed by atoms with van der Waals surface area (Å²) in [7, 11) is 0. The fraction of sp³-hybridized carbons (Fsp3) is 0.0476. The second kappa shape index (κ2) is 10.2. The second-order valence-corrected chi connectivity index (χ2v) is 7.06. The molecule has 0 aliphatic carbocycles. The molecule has 8 heteroatoms. The summed E-state index contributed by atoms with van der Waals surface area (Å²) in [5.41, 5.74) is 6.62. The molecule has 0 atom stereocenters. The van der Waals surface area contributed by atoms with Gasteiger partial charge in [0.15, 0.2) is 0 Å². The van der Waals surface area contributed by atoms with Crippen molar-refractivity contribution >= 4 is 46.7 Å². The Bertz CT molecular complexity index is 1040. The molecule has 0 saturated heterocycles. The quantitative estimate of drug-likeness (QED) is 0.491. The van der Waals surface area contributed by atoms with Crippen LogP contribution >= 0.6 is 34.8 Å². The van der Waals surface area contributed by atoms with Gasteiger partial charge in [-0.15, -0.1) is 0 Å². The van der Waals surface area contributed by atoms with Crippen molar-refractivity contribution in [2.24, 2.45) is 5.73 Å². The third kappa shape index (κ3) is 6.39. The number of carboxylic acids is 1. The van der Waals surface area contributed by atoms with Gasteiger partial charge >= 0.3 is 5.97 Å². The van der Waals surface area contributed by atoms with Gasteiger partial charge in [0.1, 0.15) is 11.5 Å². The number of ether oxygens (including phenoxy) is 1. The number of hydrogen-bond donors (Lipinski definition) is 2. The Balaban J connectivity index is 0.000000278. The molecule has 150 valence electrons. The van der Waals surface area contributed by atoms with Gasteiger partial charge in [-0.05, 0) is 48.9 Å². The molecule has 0 bridgehead atoms. The minimum absolute atomic E-state index is 0.161. The van der Waals surface area contributed by atoms with Crippen molar-refractivity contribution in [1.82, 2.24) is 0 Å². The highest BCUT2D eigenvalue weighted by Gasteiger charge is 2.15. The molecule has 3 aromatic rings. The van der Waals surface area contributed by atoms with Crippen LogP contribution in [0.25, 0.3) is 0 Å². The lowest BCUT2D eigenvalue weighted by molar-refractivity contribution is 0.0696. The zero-order chi connectivity index (χ0) is 21.6. The number of rotatable bonds is 4. The van der Waals surface area contributed by atoms with Gasteiger partial charge in [0, 0.05) is 11.1 Å². The van der Waals surface area contributed by atoms with E-state index in [0.29, 0.717) is 16.3 Å². The summed E-state index contributed by atoms with van der Waals surface area (Å²) in [6.07, 6.45) is 0. The molecule has 3 rings (SSSR count). The number of hydrogen-bond acceptors (Lipinski definition) is 3. The lowest BCUT2D eigenvalue weighted by Gasteiger charge is -2.12. The minimum atomic E-state index is -0.879. The number of aromatic carboxylic acids is 1. The van der Waals surface area contributed by atoms with Crippen LogP contribution in [0.1, 0.15) is 26.3 Å². The molecule has 0 radical (unpaired) electrons. The van der Waals surface area contributed by atoms with Gasteiger partial charge in [-0.2, -0.15) is 0 Å². The first-order valence-corrected chi connectivity index (χ1v) is 9.33. The molecule has 5 nitrogen and oxygen atoms in total. The van der Waals surface area contributed by atoms with E-state index in [9.17, 15) is 9.59 Å². The monoisotopic (exact) mass is 451 g/mol. The van der Waals surface area contributed by atoms with E-state index >= 15 is 0 Å². The highest BCUT2D eigenvalue weighted by Crippen LogP contribution is 2.34. The van der Waals surface area contributed by atoms with Gasteiger partial charge in [-0.1, -0.05) is 53.0 Å². The summed E-state index contributed by atoms with van der Waals surface area (Å²) in [6.45, 7) is 1.84. The first-order chi connectivity index (χ1) is 13.7. The molecule has 0 saturated carbocycles. The lowest BCUT2D eigenvalue weighted by atomic mass is 10.2. The zero-order valence-corrected chi connectivity index (χ0v) is 17.4. The van der Waals surface area contributed by atoms with Gasteiger partial charge in [0.2, 0.25) is 0 Å². The number of nitrogens with two attached hydrogens (primary N) is 1. The van der Waals surface area contributed by atoms with Crippen LogP contribution in [-0.2, 0) is 0 Å². The van der Waals surface area contributed by atoms with Crippen LogP contribution in [0.4, 0.5) is 0 Å². The van der Waals surface area contributed by atoms with Gasteiger partial charge in [0.05, 0.1) is 21.2 Å². The minimum Gasteiger partial charge on any atom is -0.478 e. The maximum Gasteiger partial charge on any atom is 0.335 e. The maximum atomic E-state index is 11.4. The molecule has 1 amide bonds. The van der Waals surface area contributed by atoms with E-state index in [1.165, 1.54) is 12.1 Å². The Morgan fingerprint density at radius 1 is 0.897 bits per heavy atom. The molecule has 0 aliphatic heterocycles. The third-order valence-corrected chi connectivity index (χ3v) is 4.62. The Kier molecular flexibility index (Phi) is 7.91.